The zero-order valence-corrected chi connectivity index (χ0v) is 33.2. The first-order chi connectivity index (χ1) is 27.7. The van der Waals surface area contributed by atoms with Gasteiger partial charge in [0.2, 0.25) is 0 Å². The lowest BCUT2D eigenvalue weighted by Gasteiger charge is -2.11. The van der Waals surface area contributed by atoms with Crippen LogP contribution in [0.1, 0.15) is 22.3 Å². The molecule has 304 valence electrons. The zero-order valence-electron chi connectivity index (χ0n) is 32.4. The molecule has 0 fully saturated rings. The molecule has 2 heterocycles. The lowest BCUT2D eigenvalue weighted by Crippen LogP contribution is -2.08. The van der Waals surface area contributed by atoms with Crippen molar-refractivity contribution in [3.05, 3.63) is 131 Å². The number of oxime groups is 1. The van der Waals surface area contributed by atoms with E-state index in [1.807, 2.05) is 54.6 Å². The molecule has 5 N–H and O–H groups in total. The molecule has 58 heavy (non-hydrogen) atoms. The fourth-order valence-corrected chi connectivity index (χ4v) is 5.52. The van der Waals surface area contributed by atoms with Gasteiger partial charge in [-0.1, -0.05) is 29.4 Å². The summed E-state index contributed by atoms with van der Waals surface area (Å²) in [5, 5.41) is 18.1. The Balaban J connectivity index is 0.000000252. The van der Waals surface area contributed by atoms with Gasteiger partial charge in [0.15, 0.2) is 0 Å². The molecule has 4 aromatic carbocycles. The number of hydrogen-bond donors (Lipinski definition) is 4. The number of aromatic nitrogens is 4. The van der Waals surface area contributed by atoms with Gasteiger partial charge in [0.05, 0.1) is 46.0 Å². The van der Waals surface area contributed by atoms with Crippen LogP contribution in [0.2, 0.25) is 0 Å². The van der Waals surface area contributed by atoms with Crippen LogP contribution in [-0.2, 0) is 19.4 Å². The molecule has 0 saturated heterocycles. The zero-order chi connectivity index (χ0) is 40.6. The molecule has 0 aliphatic carbocycles. The fraction of sp³-hybridized carbons (Fsp3) is 0.214. The molecule has 16 heteroatoms. The predicted octanol–water partition coefficient (Wildman–Crippen LogP) is 7.60. The number of nitrogens with two attached hydrogens (primary N) is 1. The average Bonchev–Trinajstić information content (AvgIpc) is 3.25. The minimum absolute atomic E-state index is 0. The lowest BCUT2D eigenvalue weighted by molar-refractivity contribution is 0.321. The number of benzene rings is 4. The number of methoxy groups -OCH3 is 4. The van der Waals surface area contributed by atoms with E-state index in [2.05, 4.69) is 35.7 Å². The van der Waals surface area contributed by atoms with Crippen molar-refractivity contribution in [1.82, 2.24) is 19.9 Å². The number of halogens is 3. The summed E-state index contributed by atoms with van der Waals surface area (Å²) in [6.45, 7) is 1.45. The summed E-state index contributed by atoms with van der Waals surface area (Å²) in [6.07, 6.45) is 2.64. The number of nitrogens with zero attached hydrogens (tertiary/aromatic N) is 5. The van der Waals surface area contributed by atoms with Crippen LogP contribution < -0.4 is 35.3 Å². The largest absolute Gasteiger partial charge is 0.497 e. The second-order valence-electron chi connectivity index (χ2n) is 12.3. The summed E-state index contributed by atoms with van der Waals surface area (Å²) < 4.78 is 48.3. The highest BCUT2D eigenvalue weighted by atomic mass is 35.5. The molecule has 0 atom stereocenters. The highest BCUT2D eigenvalue weighted by molar-refractivity contribution is 5.85. The van der Waals surface area contributed by atoms with Gasteiger partial charge >= 0.3 is 12.0 Å². The molecule has 0 amide bonds. The predicted molar refractivity (Wildman–Crippen MR) is 223 cm³/mol. The van der Waals surface area contributed by atoms with Crippen LogP contribution in [0.3, 0.4) is 0 Å². The lowest BCUT2D eigenvalue weighted by atomic mass is 10.1. The van der Waals surface area contributed by atoms with E-state index in [1.54, 1.807) is 38.5 Å². The Labute approximate surface area is 341 Å². The van der Waals surface area contributed by atoms with Crippen LogP contribution in [0.15, 0.2) is 102 Å². The molecule has 0 saturated carbocycles. The summed E-state index contributed by atoms with van der Waals surface area (Å²) >= 11 is 0. The monoisotopic (exact) mass is 814 g/mol. The molecule has 0 radical (unpaired) electrons. The van der Waals surface area contributed by atoms with Gasteiger partial charge in [-0.3, -0.25) is 0 Å². The van der Waals surface area contributed by atoms with E-state index in [1.165, 1.54) is 38.0 Å². The van der Waals surface area contributed by atoms with E-state index >= 15 is 0 Å². The minimum Gasteiger partial charge on any atom is -0.497 e. The Bertz CT molecular complexity index is 2250. The molecule has 13 nitrogen and oxygen atoms in total. The van der Waals surface area contributed by atoms with Gasteiger partial charge in [0, 0.05) is 54.0 Å². The Morgan fingerprint density at radius 1 is 0.621 bits per heavy atom. The quantitative estimate of drug-likeness (QED) is 0.0429. The maximum atomic E-state index is 13.8. The third-order valence-corrected chi connectivity index (χ3v) is 8.58. The highest BCUT2D eigenvalue weighted by Crippen LogP contribution is 2.26. The van der Waals surface area contributed by atoms with E-state index in [4.69, 9.17) is 29.9 Å². The summed E-state index contributed by atoms with van der Waals surface area (Å²) in [7, 11) is 6.27. The third-order valence-electron chi connectivity index (χ3n) is 8.58. The molecule has 6 rings (SSSR count). The third kappa shape index (κ3) is 12.5. The maximum absolute atomic E-state index is 13.8. The van der Waals surface area contributed by atoms with Crippen molar-refractivity contribution in [2.75, 3.05) is 52.2 Å². The summed E-state index contributed by atoms with van der Waals surface area (Å²) in [5.41, 5.74) is 11.1. The molecular formula is C42H45ClF2N8O5. The fourth-order valence-electron chi connectivity index (χ4n) is 5.52. The number of anilines is 2. The van der Waals surface area contributed by atoms with Crippen LogP contribution >= 0.6 is 12.4 Å². The van der Waals surface area contributed by atoms with Gasteiger partial charge in [-0.15, -0.1) is 12.4 Å². The molecule has 6 aromatic rings. The number of hydrogen-bond acceptors (Lipinski definition) is 13. The van der Waals surface area contributed by atoms with E-state index in [-0.39, 0.29) is 42.4 Å². The van der Waals surface area contributed by atoms with E-state index < -0.39 is 5.82 Å². The normalized spacial score (nSPS) is 10.5. The summed E-state index contributed by atoms with van der Waals surface area (Å²) in [5.74, 6) is 2.04. The molecular weight excluding hydrogens is 770 g/mol. The average molecular weight is 815 g/mol. The molecule has 0 aliphatic rings. The van der Waals surface area contributed by atoms with Crippen LogP contribution in [0.5, 0.6) is 23.5 Å². The Morgan fingerprint density at radius 3 is 1.52 bits per heavy atom. The van der Waals surface area contributed by atoms with E-state index in [0.29, 0.717) is 47.2 Å². The SMILES string of the molecule is COc1ccc(CCNc2cc(-c3ccc(F)c(/C=N\O)c3)nc(OC)n2)cc1.COc1ccc(CCNc2cc(-c3ccc(F)c(CN)c3)nc(OC)n2)cc1.Cl. The molecule has 0 bridgehead atoms. The Hall–Kier alpha value is -6.58. The second-order valence-corrected chi connectivity index (χ2v) is 12.3. The molecule has 0 spiro atoms. The molecule has 0 aliphatic heterocycles. The first-order valence-electron chi connectivity index (χ1n) is 17.8. The Morgan fingerprint density at radius 2 is 1.09 bits per heavy atom. The van der Waals surface area contributed by atoms with E-state index in [0.717, 1.165) is 41.7 Å². The summed E-state index contributed by atoms with van der Waals surface area (Å²) in [4.78, 5) is 17.3. The standard InChI is InChI=1S/C21H21FN4O3.C21H23FN4O2.ClH/c1-28-17-6-3-14(4-7-17)9-10-23-20-12-19(25-21(26-20)29-2)15-5-8-18(22)16(11-15)13-24-27;1-27-17-6-3-14(4-7-17)9-10-24-20-12-19(25-21(26-20)28-2)15-5-8-18(22)16(11-15)13-23;/h3-8,11-13,27H,9-10H2,1-2H3,(H,23,25,26);3-8,11-12H,9-10,13,23H2,1-2H3,(H,24,25,26);1H/b24-13-;;. The highest BCUT2D eigenvalue weighted by Gasteiger charge is 2.12. The van der Waals surface area contributed by atoms with Crippen LogP contribution in [-0.4, -0.2) is 72.9 Å². The van der Waals surface area contributed by atoms with Gasteiger partial charge in [0.25, 0.3) is 0 Å². The molecule has 2 aromatic heterocycles. The van der Waals surface area contributed by atoms with Crippen LogP contribution in [0.25, 0.3) is 22.5 Å². The smallest absolute Gasteiger partial charge is 0.318 e. The van der Waals surface area contributed by atoms with Gasteiger partial charge < -0.3 is 40.5 Å². The minimum atomic E-state index is -0.495. The van der Waals surface area contributed by atoms with Crippen molar-refractivity contribution in [2.45, 2.75) is 19.4 Å². The number of ether oxygens (including phenoxy) is 4. The van der Waals surface area contributed by atoms with Crippen molar-refractivity contribution in [3.63, 3.8) is 0 Å². The van der Waals surface area contributed by atoms with Crippen LogP contribution in [0.4, 0.5) is 20.4 Å². The van der Waals surface area contributed by atoms with Gasteiger partial charge in [-0.05, 0) is 84.6 Å². The molecule has 0 unspecified atom stereocenters. The van der Waals surface area contributed by atoms with Crippen LogP contribution in [0, 0.1) is 11.6 Å². The van der Waals surface area contributed by atoms with Crippen molar-refractivity contribution in [3.8, 4) is 46.0 Å². The summed E-state index contributed by atoms with van der Waals surface area (Å²) in [6, 6.07) is 28.9. The maximum Gasteiger partial charge on any atom is 0.318 e. The second kappa shape index (κ2) is 22.2. The topological polar surface area (TPSA) is 171 Å². The Kier molecular flexibility index (Phi) is 16.9. The number of nitrogens with one attached hydrogen (secondary N) is 2. The van der Waals surface area contributed by atoms with Crippen molar-refractivity contribution >= 4 is 30.3 Å². The van der Waals surface area contributed by atoms with Crippen molar-refractivity contribution in [1.29, 1.82) is 0 Å². The van der Waals surface area contributed by atoms with E-state index in [9.17, 15) is 8.78 Å². The van der Waals surface area contributed by atoms with Crippen molar-refractivity contribution in [2.24, 2.45) is 10.9 Å². The van der Waals surface area contributed by atoms with Gasteiger partial charge in [-0.2, -0.15) is 19.9 Å². The first kappa shape index (κ1) is 44.1. The van der Waals surface area contributed by atoms with Gasteiger partial charge in [0.1, 0.15) is 34.8 Å². The number of rotatable bonds is 16. The van der Waals surface area contributed by atoms with Gasteiger partial charge in [-0.25, -0.2) is 8.78 Å². The first-order valence-corrected chi connectivity index (χ1v) is 17.8. The van der Waals surface area contributed by atoms with Crippen molar-refractivity contribution < 1.29 is 32.9 Å².